The number of ether oxygens (including phenoxy) is 1. The third-order valence-electron chi connectivity index (χ3n) is 4.83. The lowest BCUT2D eigenvalue weighted by Gasteiger charge is -2.28. The normalized spacial score (nSPS) is 15.2. The number of sulfonamides is 1. The van der Waals surface area contributed by atoms with Gasteiger partial charge in [0.15, 0.2) is 0 Å². The highest BCUT2D eigenvalue weighted by molar-refractivity contribution is 7.89. The molecule has 1 aliphatic heterocycles. The smallest absolute Gasteiger partial charge is 0.255 e. The second kappa shape index (κ2) is 10.1. The monoisotopic (exact) mass is 397 g/mol. The van der Waals surface area contributed by atoms with Crippen molar-refractivity contribution in [2.24, 2.45) is 0 Å². The van der Waals surface area contributed by atoms with Crippen molar-refractivity contribution in [3.05, 3.63) is 23.8 Å². The molecule has 7 nitrogen and oxygen atoms in total. The van der Waals surface area contributed by atoms with Crippen LogP contribution in [-0.2, 0) is 14.8 Å². The Hall–Kier alpha value is -1.64. The van der Waals surface area contributed by atoms with E-state index >= 15 is 0 Å². The van der Waals surface area contributed by atoms with Gasteiger partial charge < -0.3 is 15.0 Å². The number of piperidine rings is 1. The van der Waals surface area contributed by atoms with Crippen LogP contribution in [0.2, 0.25) is 0 Å². The summed E-state index contributed by atoms with van der Waals surface area (Å²) in [7, 11) is -2.01. The van der Waals surface area contributed by atoms with Crippen molar-refractivity contribution in [3.8, 4) is 0 Å². The standard InChI is InChI=1S/C19H31N3O4S/c1-4-22(5-2)27(24,25)16-9-10-18(20-11-14-26-3)17(15-16)19(23)21-12-7-6-8-13-21/h9-10,15,20H,4-8,11-14H2,1-3H3. The highest BCUT2D eigenvalue weighted by Crippen LogP contribution is 2.25. The van der Waals surface area contributed by atoms with E-state index < -0.39 is 10.0 Å². The lowest BCUT2D eigenvalue weighted by atomic mass is 10.1. The van der Waals surface area contributed by atoms with E-state index in [2.05, 4.69) is 5.32 Å². The van der Waals surface area contributed by atoms with Crippen molar-refractivity contribution in [3.63, 3.8) is 0 Å². The molecule has 1 aromatic carbocycles. The summed E-state index contributed by atoms with van der Waals surface area (Å²) in [6, 6.07) is 4.76. The minimum atomic E-state index is -3.62. The summed E-state index contributed by atoms with van der Waals surface area (Å²) >= 11 is 0. The summed E-state index contributed by atoms with van der Waals surface area (Å²) in [6.07, 6.45) is 3.09. The molecule has 1 N–H and O–H groups in total. The Morgan fingerprint density at radius 3 is 2.44 bits per heavy atom. The van der Waals surface area contributed by atoms with Crippen LogP contribution in [0.4, 0.5) is 5.69 Å². The van der Waals surface area contributed by atoms with Crippen LogP contribution in [0.15, 0.2) is 23.1 Å². The van der Waals surface area contributed by atoms with E-state index in [1.807, 2.05) is 18.7 Å². The van der Waals surface area contributed by atoms with Gasteiger partial charge in [-0.15, -0.1) is 0 Å². The van der Waals surface area contributed by atoms with Crippen LogP contribution in [0, 0.1) is 0 Å². The molecule has 2 rings (SSSR count). The highest BCUT2D eigenvalue weighted by Gasteiger charge is 2.26. The van der Waals surface area contributed by atoms with Gasteiger partial charge in [-0.25, -0.2) is 8.42 Å². The number of nitrogens with one attached hydrogen (secondary N) is 1. The summed E-state index contributed by atoms with van der Waals surface area (Å²) in [4.78, 5) is 15.1. The van der Waals surface area contributed by atoms with Crippen molar-refractivity contribution in [1.29, 1.82) is 0 Å². The Labute approximate surface area is 162 Å². The fourth-order valence-electron chi connectivity index (χ4n) is 3.28. The van der Waals surface area contributed by atoms with Gasteiger partial charge in [-0.05, 0) is 37.5 Å². The van der Waals surface area contributed by atoms with Crippen LogP contribution in [-0.4, -0.2) is 70.0 Å². The molecule has 152 valence electrons. The maximum Gasteiger partial charge on any atom is 0.255 e. The van der Waals surface area contributed by atoms with Crippen LogP contribution >= 0.6 is 0 Å². The number of anilines is 1. The number of methoxy groups -OCH3 is 1. The third-order valence-corrected chi connectivity index (χ3v) is 6.88. The minimum absolute atomic E-state index is 0.119. The quantitative estimate of drug-likeness (QED) is 0.648. The molecule has 0 bridgehead atoms. The maximum atomic E-state index is 13.1. The van der Waals surface area contributed by atoms with Crippen molar-refractivity contribution >= 4 is 21.6 Å². The molecule has 1 aliphatic rings. The Kier molecular flexibility index (Phi) is 8.07. The molecule has 27 heavy (non-hydrogen) atoms. The topological polar surface area (TPSA) is 79.0 Å². The van der Waals surface area contributed by atoms with Gasteiger partial charge in [-0.2, -0.15) is 4.31 Å². The molecular weight excluding hydrogens is 366 g/mol. The average molecular weight is 398 g/mol. The number of nitrogens with zero attached hydrogens (tertiary/aromatic N) is 2. The Morgan fingerprint density at radius 1 is 1.19 bits per heavy atom. The number of hydrogen-bond donors (Lipinski definition) is 1. The number of amides is 1. The zero-order valence-corrected chi connectivity index (χ0v) is 17.3. The van der Waals surface area contributed by atoms with Crippen molar-refractivity contribution < 1.29 is 17.9 Å². The molecular formula is C19H31N3O4S. The summed E-state index contributed by atoms with van der Waals surface area (Å²) in [5.74, 6) is -0.119. The van der Waals surface area contributed by atoms with Crippen LogP contribution < -0.4 is 5.32 Å². The van der Waals surface area contributed by atoms with Crippen LogP contribution in [0.5, 0.6) is 0 Å². The predicted molar refractivity (Wildman–Crippen MR) is 107 cm³/mol. The average Bonchev–Trinajstić information content (AvgIpc) is 2.69. The summed E-state index contributed by atoms with van der Waals surface area (Å²) < 4.78 is 32.2. The number of rotatable bonds is 9. The molecule has 1 saturated heterocycles. The predicted octanol–water partition coefficient (Wildman–Crippen LogP) is 2.40. The molecule has 8 heteroatoms. The number of benzene rings is 1. The van der Waals surface area contributed by atoms with E-state index in [0.717, 1.165) is 19.3 Å². The van der Waals surface area contributed by atoms with E-state index in [1.165, 1.54) is 10.4 Å². The maximum absolute atomic E-state index is 13.1. The first-order valence-electron chi connectivity index (χ1n) is 9.62. The Balaban J connectivity index is 2.40. The van der Waals surface area contributed by atoms with Gasteiger partial charge >= 0.3 is 0 Å². The summed E-state index contributed by atoms with van der Waals surface area (Å²) in [6.45, 7) is 6.86. The molecule has 1 aromatic rings. The van der Waals surface area contributed by atoms with Gasteiger partial charge in [0, 0.05) is 45.5 Å². The molecule has 0 aliphatic carbocycles. The van der Waals surface area contributed by atoms with Gasteiger partial charge in [0.2, 0.25) is 10.0 Å². The minimum Gasteiger partial charge on any atom is -0.383 e. The molecule has 0 spiro atoms. The highest BCUT2D eigenvalue weighted by atomic mass is 32.2. The van der Waals surface area contributed by atoms with Gasteiger partial charge in [-0.3, -0.25) is 4.79 Å². The number of carbonyl (C=O) groups excluding carboxylic acids is 1. The zero-order valence-electron chi connectivity index (χ0n) is 16.5. The molecule has 0 unspecified atom stereocenters. The fourth-order valence-corrected chi connectivity index (χ4v) is 4.77. The van der Waals surface area contributed by atoms with Crippen LogP contribution in [0.3, 0.4) is 0 Å². The number of hydrogen-bond acceptors (Lipinski definition) is 5. The van der Waals surface area contributed by atoms with Gasteiger partial charge in [0.05, 0.1) is 17.1 Å². The van der Waals surface area contributed by atoms with Crippen LogP contribution in [0.1, 0.15) is 43.5 Å². The second-order valence-corrected chi connectivity index (χ2v) is 8.51. The first-order chi connectivity index (χ1) is 13.0. The van der Waals surface area contributed by atoms with E-state index in [9.17, 15) is 13.2 Å². The van der Waals surface area contributed by atoms with Crippen LogP contribution in [0.25, 0.3) is 0 Å². The van der Waals surface area contributed by atoms with E-state index in [4.69, 9.17) is 4.74 Å². The van der Waals surface area contributed by atoms with Gasteiger partial charge in [-0.1, -0.05) is 13.8 Å². The lowest BCUT2D eigenvalue weighted by Crippen LogP contribution is -2.36. The largest absolute Gasteiger partial charge is 0.383 e. The first kappa shape index (κ1) is 21.7. The van der Waals surface area contributed by atoms with E-state index in [1.54, 1.807) is 19.2 Å². The summed E-state index contributed by atoms with van der Waals surface area (Å²) in [5, 5.41) is 3.19. The molecule has 1 amide bonds. The second-order valence-electron chi connectivity index (χ2n) is 6.57. The number of likely N-dealkylation sites (tertiary alicyclic amines) is 1. The molecule has 0 atom stereocenters. The fraction of sp³-hybridized carbons (Fsp3) is 0.632. The molecule has 1 heterocycles. The van der Waals surface area contributed by atoms with Crippen molar-refractivity contribution in [1.82, 2.24) is 9.21 Å². The van der Waals surface area contributed by atoms with Crippen molar-refractivity contribution in [2.75, 3.05) is 51.8 Å². The molecule has 1 fully saturated rings. The SMILES string of the molecule is CCN(CC)S(=O)(=O)c1ccc(NCCOC)c(C(=O)N2CCCCC2)c1. The van der Waals surface area contributed by atoms with Crippen molar-refractivity contribution in [2.45, 2.75) is 38.0 Å². The summed E-state index contributed by atoms with van der Waals surface area (Å²) in [5.41, 5.74) is 1.04. The van der Waals surface area contributed by atoms with Gasteiger partial charge in [0.25, 0.3) is 5.91 Å². The van der Waals surface area contributed by atoms with E-state index in [-0.39, 0.29) is 10.8 Å². The lowest BCUT2D eigenvalue weighted by molar-refractivity contribution is 0.0725. The molecule has 0 saturated carbocycles. The van der Waals surface area contributed by atoms with E-state index in [0.29, 0.717) is 50.6 Å². The third kappa shape index (κ3) is 5.21. The van der Waals surface area contributed by atoms with Gasteiger partial charge in [0.1, 0.15) is 0 Å². The molecule has 0 aromatic heterocycles. The zero-order chi connectivity index (χ0) is 19.9. The first-order valence-corrected chi connectivity index (χ1v) is 11.1. The number of carbonyl (C=O) groups is 1. The molecule has 0 radical (unpaired) electrons. The Morgan fingerprint density at radius 2 is 1.85 bits per heavy atom. The Bertz CT molecular complexity index is 726.